The predicted octanol–water partition coefficient (Wildman–Crippen LogP) is 7.34. The van der Waals surface area contributed by atoms with Gasteiger partial charge in [0.2, 0.25) is 5.91 Å². The van der Waals surface area contributed by atoms with Crippen LogP contribution < -0.4 is 5.32 Å². The minimum Gasteiger partial charge on any atom is -0.354 e. The lowest BCUT2D eigenvalue weighted by Gasteiger charge is -2.21. The van der Waals surface area contributed by atoms with Gasteiger partial charge in [0.1, 0.15) is 0 Å². The zero-order chi connectivity index (χ0) is 27.6. The monoisotopic (exact) mass is 523 g/mol. The van der Waals surface area contributed by atoms with Gasteiger partial charge in [-0.25, -0.2) is 0 Å². The number of amides is 1. The van der Waals surface area contributed by atoms with E-state index < -0.39 is 0 Å². The molecule has 0 bridgehead atoms. The molecule has 0 radical (unpaired) electrons. The van der Waals surface area contributed by atoms with Crippen molar-refractivity contribution in [2.45, 2.75) is 71.9 Å². The van der Waals surface area contributed by atoms with E-state index in [1.54, 1.807) is 0 Å². The molecular formula is C35H45N3O. The predicted molar refractivity (Wildman–Crippen MR) is 164 cm³/mol. The normalized spacial score (nSPS) is 13.1. The average molecular weight is 524 g/mol. The number of aromatic nitrogens is 1. The van der Waals surface area contributed by atoms with Crippen molar-refractivity contribution in [2.24, 2.45) is 0 Å². The number of para-hydroxylation sites is 1. The maximum atomic E-state index is 13.4. The fraction of sp³-hybridized carbons (Fsp3) is 0.400. The number of rotatable bonds is 14. The van der Waals surface area contributed by atoms with Crippen LogP contribution in [0, 0.1) is 6.92 Å². The molecule has 39 heavy (non-hydrogen) atoms. The molecule has 0 aliphatic rings. The molecule has 0 fully saturated rings. The summed E-state index contributed by atoms with van der Waals surface area (Å²) < 4.78 is 2.35. The molecule has 206 valence electrons. The van der Waals surface area contributed by atoms with Crippen LogP contribution in [-0.2, 0) is 17.8 Å². The second-order valence-electron chi connectivity index (χ2n) is 10.9. The minimum absolute atomic E-state index is 0.0967. The van der Waals surface area contributed by atoms with E-state index in [0.29, 0.717) is 6.42 Å². The fourth-order valence-electron chi connectivity index (χ4n) is 5.60. The Labute approximate surface area is 235 Å². The summed E-state index contributed by atoms with van der Waals surface area (Å²) >= 11 is 0. The molecule has 2 atom stereocenters. The van der Waals surface area contributed by atoms with Gasteiger partial charge in [-0.1, -0.05) is 92.2 Å². The SMILES string of the molecule is CCN(CC)CCC[C@H](C)NC(=O)C[C@H](Cc1ccccc1)c1cn(Cc2ccc(C)cc2)c2ccccc12. The largest absolute Gasteiger partial charge is 0.354 e. The van der Waals surface area contributed by atoms with Crippen LogP contribution in [0.2, 0.25) is 0 Å². The lowest BCUT2D eigenvalue weighted by molar-refractivity contribution is -0.122. The highest BCUT2D eigenvalue weighted by molar-refractivity contribution is 5.86. The molecule has 4 heteroatoms. The van der Waals surface area contributed by atoms with Gasteiger partial charge in [-0.05, 0) is 81.4 Å². The van der Waals surface area contributed by atoms with Crippen molar-refractivity contribution >= 4 is 16.8 Å². The second-order valence-corrected chi connectivity index (χ2v) is 10.9. The van der Waals surface area contributed by atoms with E-state index in [0.717, 1.165) is 45.4 Å². The molecule has 4 aromatic rings. The molecule has 1 aromatic heterocycles. The summed E-state index contributed by atoms with van der Waals surface area (Å²) in [4.78, 5) is 15.8. The maximum absolute atomic E-state index is 13.4. The van der Waals surface area contributed by atoms with Gasteiger partial charge in [-0.2, -0.15) is 0 Å². The Hall–Kier alpha value is -3.37. The number of benzene rings is 3. The van der Waals surface area contributed by atoms with Crippen LogP contribution in [-0.4, -0.2) is 41.1 Å². The third-order valence-corrected chi connectivity index (χ3v) is 7.90. The van der Waals surface area contributed by atoms with Crippen LogP contribution in [0.15, 0.2) is 85.1 Å². The molecule has 1 N–H and O–H groups in total. The third-order valence-electron chi connectivity index (χ3n) is 7.90. The van der Waals surface area contributed by atoms with Crippen LogP contribution in [0.5, 0.6) is 0 Å². The first-order valence-electron chi connectivity index (χ1n) is 14.7. The molecule has 1 amide bonds. The molecule has 0 saturated heterocycles. The Balaban J connectivity index is 1.54. The van der Waals surface area contributed by atoms with Crippen molar-refractivity contribution < 1.29 is 4.79 Å². The van der Waals surface area contributed by atoms with E-state index in [1.807, 2.05) is 0 Å². The van der Waals surface area contributed by atoms with Gasteiger partial charge in [-0.15, -0.1) is 0 Å². The molecular weight excluding hydrogens is 478 g/mol. The topological polar surface area (TPSA) is 37.3 Å². The molecule has 3 aromatic carbocycles. The number of hydrogen-bond acceptors (Lipinski definition) is 2. The average Bonchev–Trinajstić information content (AvgIpc) is 3.31. The molecule has 1 heterocycles. The first kappa shape index (κ1) is 28.6. The van der Waals surface area contributed by atoms with Crippen LogP contribution >= 0.6 is 0 Å². The smallest absolute Gasteiger partial charge is 0.220 e. The van der Waals surface area contributed by atoms with Crippen molar-refractivity contribution in [1.29, 1.82) is 0 Å². The molecule has 4 nitrogen and oxygen atoms in total. The highest BCUT2D eigenvalue weighted by Crippen LogP contribution is 2.33. The van der Waals surface area contributed by atoms with Gasteiger partial charge in [0, 0.05) is 36.1 Å². The van der Waals surface area contributed by atoms with Gasteiger partial charge in [0.25, 0.3) is 0 Å². The number of hydrogen-bond donors (Lipinski definition) is 1. The molecule has 0 unspecified atom stereocenters. The van der Waals surface area contributed by atoms with Crippen molar-refractivity contribution in [3.8, 4) is 0 Å². The summed E-state index contributed by atoms with van der Waals surface area (Å²) in [5.41, 5.74) is 6.29. The zero-order valence-electron chi connectivity index (χ0n) is 24.2. The van der Waals surface area contributed by atoms with Crippen LogP contribution in [0.1, 0.15) is 68.2 Å². The first-order chi connectivity index (χ1) is 19.0. The summed E-state index contributed by atoms with van der Waals surface area (Å²) in [6, 6.07) is 28.1. The van der Waals surface area contributed by atoms with E-state index >= 15 is 0 Å². The highest BCUT2D eigenvalue weighted by Gasteiger charge is 2.22. The molecule has 0 spiro atoms. The van der Waals surface area contributed by atoms with Crippen molar-refractivity contribution in [1.82, 2.24) is 14.8 Å². The second kappa shape index (κ2) is 14.1. The van der Waals surface area contributed by atoms with Crippen LogP contribution in [0.4, 0.5) is 0 Å². The Morgan fingerprint density at radius 1 is 0.897 bits per heavy atom. The number of nitrogens with zero attached hydrogens (tertiary/aromatic N) is 2. The third kappa shape index (κ3) is 8.06. The number of carbonyl (C=O) groups excluding carboxylic acids is 1. The van der Waals surface area contributed by atoms with E-state index in [2.05, 4.69) is 128 Å². The molecule has 0 aliphatic carbocycles. The van der Waals surface area contributed by atoms with E-state index in [1.165, 1.54) is 33.2 Å². The number of nitrogens with one attached hydrogen (secondary N) is 1. The Morgan fingerprint density at radius 3 is 2.31 bits per heavy atom. The van der Waals surface area contributed by atoms with Gasteiger partial charge in [0.05, 0.1) is 0 Å². The summed E-state index contributed by atoms with van der Waals surface area (Å²) in [5.74, 6) is 0.237. The molecule has 0 aliphatic heterocycles. The summed E-state index contributed by atoms with van der Waals surface area (Å²) in [5, 5.41) is 4.55. The summed E-state index contributed by atoms with van der Waals surface area (Å²) in [7, 11) is 0. The lowest BCUT2D eigenvalue weighted by Crippen LogP contribution is -2.34. The van der Waals surface area contributed by atoms with E-state index in [4.69, 9.17) is 0 Å². The number of fused-ring (bicyclic) bond motifs is 1. The molecule has 4 rings (SSSR count). The standard InChI is InChI=1S/C35H45N3O/c1-5-37(6-2)22-12-13-28(4)36-35(39)24-31(23-29-14-8-7-9-15-29)33-26-38(34-17-11-10-16-32(33)34)25-30-20-18-27(3)19-21-30/h7-11,14-21,26,28,31H,5-6,12-13,22-25H2,1-4H3,(H,36,39)/t28-,31-/m0/s1. The Morgan fingerprint density at radius 2 is 1.59 bits per heavy atom. The minimum atomic E-state index is 0.0967. The van der Waals surface area contributed by atoms with Gasteiger partial charge in [-0.3, -0.25) is 4.79 Å². The van der Waals surface area contributed by atoms with E-state index in [9.17, 15) is 4.79 Å². The number of carbonyl (C=O) groups is 1. The van der Waals surface area contributed by atoms with Gasteiger partial charge in [0.15, 0.2) is 0 Å². The summed E-state index contributed by atoms with van der Waals surface area (Å²) in [6.07, 6.45) is 5.71. The van der Waals surface area contributed by atoms with Crippen molar-refractivity contribution in [3.63, 3.8) is 0 Å². The quantitative estimate of drug-likeness (QED) is 0.188. The molecule has 0 saturated carbocycles. The zero-order valence-corrected chi connectivity index (χ0v) is 24.2. The van der Waals surface area contributed by atoms with Crippen LogP contribution in [0.3, 0.4) is 0 Å². The Bertz CT molecular complexity index is 1300. The van der Waals surface area contributed by atoms with Gasteiger partial charge < -0.3 is 14.8 Å². The first-order valence-corrected chi connectivity index (χ1v) is 14.7. The number of aryl methyl sites for hydroxylation is 1. The highest BCUT2D eigenvalue weighted by atomic mass is 16.1. The van der Waals surface area contributed by atoms with Crippen molar-refractivity contribution in [2.75, 3.05) is 19.6 Å². The van der Waals surface area contributed by atoms with Crippen molar-refractivity contribution in [3.05, 3.63) is 107 Å². The maximum Gasteiger partial charge on any atom is 0.220 e. The lowest BCUT2D eigenvalue weighted by atomic mass is 9.88. The van der Waals surface area contributed by atoms with E-state index in [-0.39, 0.29) is 17.9 Å². The fourth-order valence-corrected chi connectivity index (χ4v) is 5.60. The van der Waals surface area contributed by atoms with Crippen LogP contribution in [0.25, 0.3) is 10.9 Å². The van der Waals surface area contributed by atoms with Gasteiger partial charge >= 0.3 is 0 Å². The summed E-state index contributed by atoms with van der Waals surface area (Å²) in [6.45, 7) is 12.7. The Kier molecular flexibility index (Phi) is 10.4.